The number of carbonyl (C=O) groups excluding carboxylic acids is 2. The fourth-order valence-electron chi connectivity index (χ4n) is 4.87. The molecule has 5 nitrogen and oxygen atoms in total. The zero-order chi connectivity index (χ0) is 24.1. The summed E-state index contributed by atoms with van der Waals surface area (Å²) in [5, 5.41) is 3.02. The Morgan fingerprint density at radius 3 is 2.68 bits per heavy atom. The molecular weight excluding hydrogens is 510 g/mol. The van der Waals surface area contributed by atoms with Crippen molar-refractivity contribution in [1.82, 2.24) is 10.2 Å². The van der Waals surface area contributed by atoms with Crippen LogP contribution in [-0.2, 0) is 9.59 Å². The Bertz CT molecular complexity index is 1060. The molecule has 1 N–H and O–H groups in total. The summed E-state index contributed by atoms with van der Waals surface area (Å²) in [6.45, 7) is 8.55. The van der Waals surface area contributed by atoms with E-state index in [-0.39, 0.29) is 18.4 Å². The highest BCUT2D eigenvalue weighted by atomic mass is 79.9. The number of nitrogens with one attached hydrogen (secondary N) is 1. The minimum absolute atomic E-state index is 0.0179. The first-order valence-corrected chi connectivity index (χ1v) is 13.5. The van der Waals surface area contributed by atoms with Crippen molar-refractivity contribution in [3.8, 4) is 0 Å². The van der Waals surface area contributed by atoms with Gasteiger partial charge in [-0.15, -0.1) is 0 Å². The number of rotatable bonds is 7. The van der Waals surface area contributed by atoms with Crippen LogP contribution in [0.2, 0.25) is 0 Å². The number of nitrogens with zero attached hydrogens (tertiary/aromatic N) is 2. The van der Waals surface area contributed by atoms with Crippen LogP contribution in [0.1, 0.15) is 32.3 Å². The van der Waals surface area contributed by atoms with E-state index in [9.17, 15) is 9.59 Å². The molecule has 0 aliphatic carbocycles. The fraction of sp³-hybridized carbons (Fsp3) is 0.407. The minimum atomic E-state index is -0.143. The fourth-order valence-corrected chi connectivity index (χ4v) is 6.35. The molecule has 2 aromatic carbocycles. The highest BCUT2D eigenvalue weighted by Gasteiger charge is 2.30. The number of likely N-dealkylation sites (tertiary alicyclic amines) is 1. The average molecular weight is 543 g/mol. The molecule has 0 spiro atoms. The van der Waals surface area contributed by atoms with Crippen LogP contribution in [0.15, 0.2) is 62.8 Å². The molecule has 2 amide bonds. The first-order chi connectivity index (χ1) is 16.4. The molecule has 2 atom stereocenters. The third-order valence-corrected chi connectivity index (χ3v) is 7.77. The Labute approximate surface area is 215 Å². The van der Waals surface area contributed by atoms with Crippen LogP contribution in [0.5, 0.6) is 0 Å². The molecule has 2 heterocycles. The van der Waals surface area contributed by atoms with E-state index in [2.05, 4.69) is 40.0 Å². The maximum absolute atomic E-state index is 13.3. The Kier molecular flexibility index (Phi) is 8.51. The Hall–Kier alpha value is -2.09. The van der Waals surface area contributed by atoms with Crippen LogP contribution < -0.4 is 10.2 Å². The van der Waals surface area contributed by atoms with E-state index in [1.54, 1.807) is 4.90 Å². The molecule has 4 rings (SSSR count). The number of para-hydroxylation sites is 1. The van der Waals surface area contributed by atoms with E-state index >= 15 is 0 Å². The van der Waals surface area contributed by atoms with Gasteiger partial charge in [0.2, 0.25) is 5.91 Å². The predicted molar refractivity (Wildman–Crippen MR) is 144 cm³/mol. The first-order valence-electron chi connectivity index (χ1n) is 11.9. The Morgan fingerprint density at radius 2 is 1.91 bits per heavy atom. The number of carbonyl (C=O) groups is 2. The molecule has 0 aromatic heterocycles. The predicted octanol–water partition coefficient (Wildman–Crippen LogP) is 5.41. The zero-order valence-electron chi connectivity index (χ0n) is 19.8. The maximum Gasteiger partial charge on any atom is 0.265 e. The molecule has 180 valence electrons. The standard InChI is InChI=1S/C27H32BrN3O2S/c1-19-13-20(2)17-30(16-19)12-6-11-29-26(32)18-31-23-9-3-4-10-24(23)34-25(27(31)33)15-21-7-5-8-22(28)14-21/h3-5,7-10,14-15,19-20H,6,11-13,16-18H2,1-2H3,(H,29,32)/b25-15+/t19-,20-/m0/s1. The number of hydrogen-bond acceptors (Lipinski definition) is 4. The van der Waals surface area contributed by atoms with E-state index in [1.807, 2.05) is 54.6 Å². The van der Waals surface area contributed by atoms with Crippen molar-refractivity contribution in [2.45, 2.75) is 31.6 Å². The number of hydrogen-bond donors (Lipinski definition) is 1. The largest absolute Gasteiger partial charge is 0.355 e. The van der Waals surface area contributed by atoms with Crippen LogP contribution in [0.3, 0.4) is 0 Å². The zero-order valence-corrected chi connectivity index (χ0v) is 22.2. The van der Waals surface area contributed by atoms with Crippen molar-refractivity contribution in [2.75, 3.05) is 37.6 Å². The van der Waals surface area contributed by atoms with E-state index in [1.165, 1.54) is 18.2 Å². The van der Waals surface area contributed by atoms with Crippen LogP contribution in [0.25, 0.3) is 6.08 Å². The number of fused-ring (bicyclic) bond motifs is 1. The van der Waals surface area contributed by atoms with Crippen molar-refractivity contribution >= 4 is 51.3 Å². The second-order valence-corrected chi connectivity index (χ2v) is 11.4. The number of piperidine rings is 1. The quantitative estimate of drug-likeness (QED) is 0.376. The highest BCUT2D eigenvalue weighted by molar-refractivity contribution is 9.10. The summed E-state index contributed by atoms with van der Waals surface area (Å²) in [6.07, 6.45) is 4.10. The Balaban J connectivity index is 1.38. The van der Waals surface area contributed by atoms with Crippen molar-refractivity contribution in [1.29, 1.82) is 0 Å². The van der Waals surface area contributed by atoms with Gasteiger partial charge in [-0.25, -0.2) is 0 Å². The van der Waals surface area contributed by atoms with Gasteiger partial charge < -0.3 is 10.2 Å². The van der Waals surface area contributed by atoms with Crippen LogP contribution in [-0.4, -0.2) is 49.4 Å². The third kappa shape index (κ3) is 6.52. The third-order valence-electron chi connectivity index (χ3n) is 6.20. The van der Waals surface area contributed by atoms with Crippen LogP contribution in [0.4, 0.5) is 5.69 Å². The second kappa shape index (κ2) is 11.6. The smallest absolute Gasteiger partial charge is 0.265 e. The van der Waals surface area contributed by atoms with Gasteiger partial charge in [0.05, 0.1) is 10.6 Å². The molecule has 1 fully saturated rings. The van der Waals surface area contributed by atoms with Crippen LogP contribution in [0, 0.1) is 11.8 Å². The Morgan fingerprint density at radius 1 is 1.15 bits per heavy atom. The molecular formula is C27H32BrN3O2S. The molecule has 2 aliphatic rings. The van der Waals surface area contributed by atoms with Crippen molar-refractivity contribution in [3.63, 3.8) is 0 Å². The lowest BCUT2D eigenvalue weighted by Crippen LogP contribution is -2.43. The second-order valence-electron chi connectivity index (χ2n) is 9.43. The highest BCUT2D eigenvalue weighted by Crippen LogP contribution is 2.42. The van der Waals surface area contributed by atoms with E-state index in [4.69, 9.17) is 0 Å². The number of amides is 2. The van der Waals surface area contributed by atoms with E-state index < -0.39 is 0 Å². The number of benzene rings is 2. The molecule has 0 radical (unpaired) electrons. The van der Waals surface area contributed by atoms with Gasteiger partial charge in [-0.2, -0.15) is 0 Å². The summed E-state index contributed by atoms with van der Waals surface area (Å²) >= 11 is 4.94. The van der Waals surface area contributed by atoms with Crippen molar-refractivity contribution in [3.05, 3.63) is 63.5 Å². The number of thioether (sulfide) groups is 1. The van der Waals surface area contributed by atoms with Gasteiger partial charge in [0.25, 0.3) is 5.91 Å². The van der Waals surface area contributed by atoms with Gasteiger partial charge in [-0.1, -0.05) is 65.8 Å². The summed E-state index contributed by atoms with van der Waals surface area (Å²) in [6, 6.07) is 15.6. The summed E-state index contributed by atoms with van der Waals surface area (Å²) in [4.78, 5) is 31.8. The molecule has 34 heavy (non-hydrogen) atoms. The average Bonchev–Trinajstić information content (AvgIpc) is 2.79. The monoisotopic (exact) mass is 541 g/mol. The normalized spacial score (nSPS) is 22.0. The van der Waals surface area contributed by atoms with Gasteiger partial charge in [-0.05, 0) is 67.1 Å². The minimum Gasteiger partial charge on any atom is -0.355 e. The van der Waals surface area contributed by atoms with Gasteiger partial charge in [0, 0.05) is 29.0 Å². The van der Waals surface area contributed by atoms with E-state index in [0.29, 0.717) is 11.4 Å². The number of anilines is 1. The first kappa shape index (κ1) is 25.0. The van der Waals surface area contributed by atoms with Gasteiger partial charge in [-0.3, -0.25) is 14.5 Å². The lowest BCUT2D eigenvalue weighted by Gasteiger charge is -2.35. The lowest BCUT2D eigenvalue weighted by molar-refractivity contribution is -0.122. The molecule has 2 aliphatic heterocycles. The van der Waals surface area contributed by atoms with Crippen LogP contribution >= 0.6 is 27.7 Å². The van der Waals surface area contributed by atoms with E-state index in [0.717, 1.165) is 58.5 Å². The lowest BCUT2D eigenvalue weighted by atomic mass is 9.92. The maximum atomic E-state index is 13.3. The van der Waals surface area contributed by atoms with Gasteiger partial charge in [0.1, 0.15) is 6.54 Å². The summed E-state index contributed by atoms with van der Waals surface area (Å²) in [5.74, 6) is 1.20. The SMILES string of the molecule is C[C@H]1C[C@H](C)CN(CCCNC(=O)CN2C(=O)/C(=C\c3cccc(Br)c3)Sc3ccccc32)C1. The topological polar surface area (TPSA) is 52.7 Å². The molecule has 0 saturated carbocycles. The summed E-state index contributed by atoms with van der Waals surface area (Å²) in [5.41, 5.74) is 1.73. The molecule has 2 aromatic rings. The van der Waals surface area contributed by atoms with Gasteiger partial charge in [0.15, 0.2) is 0 Å². The molecule has 0 unspecified atom stereocenters. The van der Waals surface area contributed by atoms with Gasteiger partial charge >= 0.3 is 0 Å². The summed E-state index contributed by atoms with van der Waals surface area (Å²) in [7, 11) is 0. The molecule has 7 heteroatoms. The van der Waals surface area contributed by atoms with Crippen molar-refractivity contribution < 1.29 is 9.59 Å². The molecule has 0 bridgehead atoms. The molecule has 1 saturated heterocycles. The summed E-state index contributed by atoms with van der Waals surface area (Å²) < 4.78 is 0.959. The van der Waals surface area contributed by atoms with Crippen molar-refractivity contribution in [2.24, 2.45) is 11.8 Å². The number of halogens is 1.